The summed E-state index contributed by atoms with van der Waals surface area (Å²) in [7, 11) is 3.11. The van der Waals surface area contributed by atoms with E-state index in [9.17, 15) is 34.8 Å². The molecule has 1 aromatic rings. The minimum atomic E-state index is -2.57. The Labute approximate surface area is 222 Å². The normalized spacial score (nSPS) is 28.3. The van der Waals surface area contributed by atoms with Crippen molar-refractivity contribution in [1.82, 2.24) is 10.2 Å². The average molecular weight is 544 g/mol. The molecule has 0 unspecified atom stereocenters. The molecule has 4 aliphatic rings. The number of rotatable bonds is 6. The second kappa shape index (κ2) is 9.14. The Kier molecular flexibility index (Phi) is 6.28. The number of benzene rings is 1. The van der Waals surface area contributed by atoms with Gasteiger partial charge in [0, 0.05) is 29.2 Å². The smallest absolute Gasteiger partial charge is 0.254 e. The Morgan fingerprint density at radius 2 is 1.92 bits per heavy atom. The van der Waals surface area contributed by atoms with Crippen LogP contribution in [0.3, 0.4) is 0 Å². The maximum absolute atomic E-state index is 15.3. The summed E-state index contributed by atoms with van der Waals surface area (Å²) >= 11 is 0. The van der Waals surface area contributed by atoms with Crippen LogP contribution in [-0.4, -0.2) is 87.0 Å². The number of hydrogen-bond donors (Lipinski definition) is 8. The van der Waals surface area contributed by atoms with Crippen molar-refractivity contribution in [1.29, 1.82) is 5.41 Å². The zero-order valence-electron chi connectivity index (χ0n) is 21.3. The van der Waals surface area contributed by atoms with Crippen molar-refractivity contribution in [3.8, 4) is 5.75 Å². The predicted octanol–water partition coefficient (Wildman–Crippen LogP) is 0.401. The van der Waals surface area contributed by atoms with Crippen molar-refractivity contribution >= 4 is 29.0 Å². The van der Waals surface area contributed by atoms with E-state index in [0.717, 1.165) is 18.9 Å². The van der Waals surface area contributed by atoms with Gasteiger partial charge in [0.1, 0.15) is 22.9 Å². The topological polar surface area (TPSA) is 209 Å². The van der Waals surface area contributed by atoms with E-state index < -0.39 is 81.0 Å². The number of primary amides is 1. The van der Waals surface area contributed by atoms with E-state index in [0.29, 0.717) is 0 Å². The van der Waals surface area contributed by atoms with E-state index in [1.165, 1.54) is 4.90 Å². The predicted molar refractivity (Wildman–Crippen MR) is 136 cm³/mol. The van der Waals surface area contributed by atoms with Crippen LogP contribution in [0.2, 0.25) is 0 Å². The summed E-state index contributed by atoms with van der Waals surface area (Å²) in [5.41, 5.74) is 0.0105. The number of phenols is 1. The zero-order valence-corrected chi connectivity index (χ0v) is 21.3. The molecule has 0 bridgehead atoms. The van der Waals surface area contributed by atoms with Gasteiger partial charge in [0.15, 0.2) is 17.1 Å². The van der Waals surface area contributed by atoms with E-state index in [4.69, 9.17) is 11.1 Å². The molecule has 2 amide bonds. The summed E-state index contributed by atoms with van der Waals surface area (Å²) in [6.45, 7) is -0.0725. The molecule has 208 valence electrons. The number of hydrogen-bond acceptors (Lipinski definition) is 10. The molecule has 4 atom stereocenters. The number of likely N-dealkylation sites (N-methyl/N-ethyl adjacent to an activating group) is 1. The fourth-order valence-corrected chi connectivity index (χ4v) is 6.14. The number of anilines is 1. The lowest BCUT2D eigenvalue weighted by molar-refractivity contribution is -0.116. The number of allylic oxidation sites excluding steroid dienone is 1. The monoisotopic (exact) mass is 543 g/mol. The lowest BCUT2D eigenvalue weighted by Crippen LogP contribution is -2.63. The average Bonchev–Trinajstić information content (AvgIpc) is 3.67. The Morgan fingerprint density at radius 1 is 1.26 bits per heavy atom. The van der Waals surface area contributed by atoms with Crippen molar-refractivity contribution in [3.05, 3.63) is 45.7 Å². The number of aromatic hydroxyl groups is 1. The Bertz CT molecular complexity index is 1400. The van der Waals surface area contributed by atoms with Crippen LogP contribution < -0.4 is 16.4 Å². The second-order valence-electron chi connectivity index (χ2n) is 10.8. The number of halogens is 1. The van der Waals surface area contributed by atoms with Crippen LogP contribution in [0.4, 0.5) is 10.1 Å². The third-order valence-corrected chi connectivity index (χ3v) is 8.13. The largest absolute Gasteiger partial charge is 0.510 e. The van der Waals surface area contributed by atoms with Crippen LogP contribution in [0.5, 0.6) is 5.75 Å². The van der Waals surface area contributed by atoms with Gasteiger partial charge in [0.05, 0.1) is 29.5 Å². The van der Waals surface area contributed by atoms with Crippen molar-refractivity contribution in [3.63, 3.8) is 0 Å². The van der Waals surface area contributed by atoms with Gasteiger partial charge in [-0.25, -0.2) is 4.39 Å². The summed E-state index contributed by atoms with van der Waals surface area (Å²) < 4.78 is 15.3. The van der Waals surface area contributed by atoms with Crippen LogP contribution in [0.1, 0.15) is 35.2 Å². The zero-order chi connectivity index (χ0) is 28.5. The Balaban J connectivity index is 1.59. The van der Waals surface area contributed by atoms with Crippen molar-refractivity contribution < 1.29 is 39.2 Å². The van der Waals surface area contributed by atoms with E-state index in [1.807, 2.05) is 0 Å². The lowest BCUT2D eigenvalue weighted by atomic mass is 9.58. The second-order valence-corrected chi connectivity index (χ2v) is 10.8. The summed E-state index contributed by atoms with van der Waals surface area (Å²) in [6, 6.07) is 0.0971. The first kappa shape index (κ1) is 26.8. The molecular formula is C26H30FN5O7. The van der Waals surface area contributed by atoms with Gasteiger partial charge >= 0.3 is 0 Å². The van der Waals surface area contributed by atoms with Gasteiger partial charge in [-0.15, -0.1) is 0 Å². The highest BCUT2D eigenvalue weighted by Gasteiger charge is 2.61. The van der Waals surface area contributed by atoms with Crippen LogP contribution in [-0.2, 0) is 16.0 Å². The molecule has 39 heavy (non-hydrogen) atoms. The Morgan fingerprint density at radius 3 is 2.51 bits per heavy atom. The number of nitrogens with one attached hydrogen (secondary N) is 3. The summed E-state index contributed by atoms with van der Waals surface area (Å²) in [5, 5.41) is 58.7. The number of aliphatic hydroxyl groups is 3. The number of carbonyl (C=O) groups excluding carboxylic acids is 3. The van der Waals surface area contributed by atoms with E-state index >= 15 is 4.39 Å². The molecule has 9 N–H and O–H groups in total. The first-order valence-corrected chi connectivity index (χ1v) is 12.6. The van der Waals surface area contributed by atoms with E-state index in [-0.39, 0.29) is 42.3 Å². The number of amides is 2. The molecule has 0 spiro atoms. The molecule has 0 aromatic heterocycles. The van der Waals surface area contributed by atoms with Gasteiger partial charge < -0.3 is 42.2 Å². The minimum Gasteiger partial charge on any atom is -0.510 e. The molecular weight excluding hydrogens is 513 g/mol. The third kappa shape index (κ3) is 3.99. The number of nitrogens with zero attached hydrogens (tertiary/aromatic N) is 1. The summed E-state index contributed by atoms with van der Waals surface area (Å²) in [4.78, 5) is 39.6. The quantitative estimate of drug-likeness (QED) is 0.233. The number of fused-ring (bicyclic) bond motifs is 3. The van der Waals surface area contributed by atoms with Crippen molar-refractivity contribution in [2.24, 2.45) is 17.6 Å². The SMILES string of the molecule is CN(C)[C@@H]1C(O)=C(C(N)=O)C(=N)[C@@]2(O)C(O)=C3C(=O)c4c(O)c(NC(=O)CNC5CC5)cc(F)c4C[C@H]3C[C@@H]12. The van der Waals surface area contributed by atoms with E-state index in [1.54, 1.807) is 14.1 Å². The van der Waals surface area contributed by atoms with Crippen LogP contribution in [0.15, 0.2) is 28.7 Å². The van der Waals surface area contributed by atoms with Crippen molar-refractivity contribution in [2.75, 3.05) is 26.0 Å². The summed E-state index contributed by atoms with van der Waals surface area (Å²) in [5.74, 6) is -7.69. The van der Waals surface area contributed by atoms with Gasteiger partial charge in [-0.3, -0.25) is 19.3 Å². The molecule has 0 aliphatic heterocycles. The molecule has 13 heteroatoms. The molecule has 12 nitrogen and oxygen atoms in total. The first-order valence-electron chi connectivity index (χ1n) is 12.6. The maximum atomic E-state index is 15.3. The van der Waals surface area contributed by atoms with Crippen molar-refractivity contribution in [2.45, 2.75) is 43.4 Å². The fourth-order valence-electron chi connectivity index (χ4n) is 6.14. The van der Waals surface area contributed by atoms with Gasteiger partial charge in [-0.2, -0.15) is 0 Å². The molecule has 1 aromatic carbocycles. The Hall–Kier alpha value is -3.81. The molecule has 5 rings (SSSR count). The van der Waals surface area contributed by atoms with Crippen LogP contribution in [0, 0.1) is 23.1 Å². The van der Waals surface area contributed by atoms with Crippen LogP contribution >= 0.6 is 0 Å². The number of ketones is 1. The van der Waals surface area contributed by atoms with E-state index in [2.05, 4.69) is 10.6 Å². The third-order valence-electron chi connectivity index (χ3n) is 8.13. The molecule has 4 aliphatic carbocycles. The first-order chi connectivity index (χ1) is 18.3. The molecule has 1 saturated carbocycles. The highest BCUT2D eigenvalue weighted by molar-refractivity contribution is 6.26. The number of Topliss-reactive ketones (excluding diaryl/α,β-unsaturated/α-hetero) is 1. The van der Waals surface area contributed by atoms with Gasteiger partial charge in [0.2, 0.25) is 5.91 Å². The number of carbonyl (C=O) groups is 3. The minimum absolute atomic E-state index is 0.0725. The highest BCUT2D eigenvalue weighted by Crippen LogP contribution is 2.53. The highest BCUT2D eigenvalue weighted by atomic mass is 19.1. The lowest BCUT2D eigenvalue weighted by Gasteiger charge is -2.51. The molecule has 0 heterocycles. The summed E-state index contributed by atoms with van der Waals surface area (Å²) in [6.07, 6.45) is 1.66. The van der Waals surface area contributed by atoms with Gasteiger partial charge in [0.25, 0.3) is 5.91 Å². The fraction of sp³-hybridized carbons (Fsp3) is 0.462. The van der Waals surface area contributed by atoms with Gasteiger partial charge in [-0.1, -0.05) is 0 Å². The molecule has 0 saturated heterocycles. The number of phenolic OH excluding ortho intramolecular Hbond substituents is 1. The maximum Gasteiger partial charge on any atom is 0.254 e. The number of aliphatic hydroxyl groups excluding tert-OH is 2. The molecule has 1 fully saturated rings. The molecule has 0 radical (unpaired) electrons. The standard InChI is InChI=1S/C26H30FN5O7/c1-32(2)19-12-6-9-5-11-13(27)7-14(31-15(33)8-30-10-3-4-10)20(34)17(11)21(35)16(9)24(37)26(12,39)23(28)18(22(19)36)25(29)38/h7,9-10,12,19,28,30,34,36-37,39H,3-6,8H2,1-2H3,(H2,29,38)(H,31,33)/t9-,12-,19-,26+/m0/s1. The number of nitrogens with two attached hydrogens (primary N) is 1. The van der Waals surface area contributed by atoms with Crippen LogP contribution in [0.25, 0.3) is 0 Å². The van der Waals surface area contributed by atoms with Gasteiger partial charge in [-0.05, 0) is 45.7 Å².